The Morgan fingerprint density at radius 3 is 3.20 bits per heavy atom. The summed E-state index contributed by atoms with van der Waals surface area (Å²) in [5.41, 5.74) is 0. The Bertz CT molecular complexity index is 386. The maximum absolute atomic E-state index is 11.5. The minimum Gasteiger partial charge on any atom is -0.343 e. The number of hydrogen-bond donors (Lipinski definition) is 0. The van der Waals surface area contributed by atoms with E-state index >= 15 is 0 Å². The van der Waals surface area contributed by atoms with Crippen molar-refractivity contribution in [2.24, 2.45) is 5.89 Å². The Hall–Kier alpha value is -0.530. The third-order valence-corrected chi connectivity index (χ3v) is 1.01. The van der Waals surface area contributed by atoms with Crippen LogP contribution in [0.25, 0.3) is 0 Å². The molecular formula is C8H15NO. The van der Waals surface area contributed by atoms with E-state index in [0.717, 1.165) is 13.8 Å². The molecule has 1 aliphatic rings. The zero-order valence-electron chi connectivity index (χ0n) is 14.9. The summed E-state index contributed by atoms with van der Waals surface area (Å²) in [7, 11) is 0. The quantitative estimate of drug-likeness (QED) is 0.509. The molecule has 1 saturated heterocycles. The average Bonchev–Trinajstić information content (AvgIpc) is 2.12. The molecule has 2 heteroatoms. The van der Waals surface area contributed by atoms with Crippen LogP contribution in [0.5, 0.6) is 0 Å². The van der Waals surface area contributed by atoms with E-state index in [2.05, 4.69) is 0 Å². The second-order valence-corrected chi connectivity index (χ2v) is 1.95. The predicted molar refractivity (Wildman–Crippen MR) is 40.7 cm³/mol. The van der Waals surface area contributed by atoms with Crippen molar-refractivity contribution in [1.29, 1.82) is 0 Å². The van der Waals surface area contributed by atoms with Gasteiger partial charge in [-0.2, -0.15) is 0 Å². The summed E-state index contributed by atoms with van der Waals surface area (Å²) in [6.45, 7) is -4.55. The van der Waals surface area contributed by atoms with Crippen LogP contribution < -0.4 is 0 Å². The number of carbonyl (C=O) groups excluding carboxylic acids is 1. The minimum atomic E-state index is -3.24. The molecule has 0 aromatic carbocycles. The van der Waals surface area contributed by atoms with Crippen LogP contribution in [0.4, 0.5) is 0 Å². The van der Waals surface area contributed by atoms with E-state index in [1.165, 1.54) is 0 Å². The summed E-state index contributed by atoms with van der Waals surface area (Å²) in [6.07, 6.45) is -6.38. The van der Waals surface area contributed by atoms with Gasteiger partial charge in [0.25, 0.3) is 0 Å². The highest BCUT2D eigenvalue weighted by Gasteiger charge is 2.17. The number of amides is 1. The van der Waals surface area contributed by atoms with Gasteiger partial charge in [0.2, 0.25) is 5.91 Å². The minimum absolute atomic E-state index is 0.0195. The average molecular weight is 150 g/mol. The topological polar surface area (TPSA) is 20.3 Å². The lowest BCUT2D eigenvalue weighted by Gasteiger charge is -2.29. The first-order chi connectivity index (χ1) is 8.07. The molecule has 0 bridgehead atoms. The molecule has 1 unspecified atom stereocenters. The number of rotatable bonds is 0. The second kappa shape index (κ2) is 3.04. The lowest BCUT2D eigenvalue weighted by molar-refractivity contribution is -0.130. The summed E-state index contributed by atoms with van der Waals surface area (Å²) in [6, 6.07) is 0. The van der Waals surface area contributed by atoms with Crippen molar-refractivity contribution in [2.45, 2.75) is 26.6 Å². The summed E-state index contributed by atoms with van der Waals surface area (Å²) in [5.74, 6) is -3.78. The maximum Gasteiger partial charge on any atom is 0.219 e. The first kappa shape index (κ1) is 1.99. The molecule has 0 aromatic heterocycles. The summed E-state index contributed by atoms with van der Waals surface area (Å²) in [5, 5.41) is 0. The van der Waals surface area contributed by atoms with E-state index in [1.54, 1.807) is 0 Å². The van der Waals surface area contributed by atoms with Crippen LogP contribution in [0.2, 0.25) is 0 Å². The highest BCUT2D eigenvalue weighted by atomic mass is 16.2. The maximum atomic E-state index is 11.5. The standard InChI is InChI=1S/C8H15NO/c1-7-4-3-5-9(6-7)8(2)10/h7H,3-6H2,1-2H3/i3D2,4D2,5D2,6D2,7D. The van der Waals surface area contributed by atoms with Crippen molar-refractivity contribution < 1.29 is 17.1 Å². The Labute approximate surface area is 74.9 Å². The summed E-state index contributed by atoms with van der Waals surface area (Å²) >= 11 is 0. The fourth-order valence-corrected chi connectivity index (χ4v) is 0.559. The van der Waals surface area contributed by atoms with Crippen LogP contribution in [0, 0.1) is 5.89 Å². The molecule has 0 radical (unpaired) electrons. The van der Waals surface area contributed by atoms with Crippen molar-refractivity contribution in [3.05, 3.63) is 0 Å². The normalized spacial score (nSPS) is 67.4. The van der Waals surface area contributed by atoms with Gasteiger partial charge in [0.1, 0.15) is 0 Å². The van der Waals surface area contributed by atoms with E-state index in [-0.39, 0.29) is 4.90 Å². The van der Waals surface area contributed by atoms with E-state index in [4.69, 9.17) is 12.3 Å². The smallest absolute Gasteiger partial charge is 0.219 e. The molecule has 0 aliphatic carbocycles. The monoisotopic (exact) mass is 150 g/mol. The van der Waals surface area contributed by atoms with Crippen LogP contribution in [-0.2, 0) is 4.79 Å². The van der Waals surface area contributed by atoms with Crippen molar-refractivity contribution >= 4 is 5.91 Å². The largest absolute Gasteiger partial charge is 0.343 e. The Morgan fingerprint density at radius 1 is 1.90 bits per heavy atom. The first-order valence-corrected chi connectivity index (χ1v) is 2.87. The zero-order chi connectivity index (χ0) is 15.7. The van der Waals surface area contributed by atoms with Crippen LogP contribution in [0.15, 0.2) is 0 Å². The SMILES string of the molecule is [2H]C1([2H])N(C(C)=O)C([2H])([2H])C([2H])(C)C([2H])([2H])C1([2H])[2H]. The van der Waals surface area contributed by atoms with Crippen LogP contribution in [0.1, 0.15) is 38.9 Å². The lowest BCUT2D eigenvalue weighted by Crippen LogP contribution is -2.37. The van der Waals surface area contributed by atoms with Gasteiger partial charge in [0, 0.05) is 32.3 Å². The predicted octanol–water partition coefficient (Wildman–Crippen LogP) is 1.26. The fourth-order valence-electron chi connectivity index (χ4n) is 0.559. The Balaban J connectivity index is 3.70. The van der Waals surface area contributed by atoms with E-state index in [1.807, 2.05) is 0 Å². The van der Waals surface area contributed by atoms with Crippen LogP contribution >= 0.6 is 0 Å². The molecule has 1 rings (SSSR count). The molecule has 1 atom stereocenters. The Morgan fingerprint density at radius 2 is 2.60 bits per heavy atom. The number of likely N-dealkylation sites (tertiary alicyclic amines) is 1. The Kier molecular flexibility index (Phi) is 0.605. The molecule has 1 aliphatic heterocycles. The van der Waals surface area contributed by atoms with Gasteiger partial charge in [-0.1, -0.05) is 6.92 Å². The van der Waals surface area contributed by atoms with Gasteiger partial charge < -0.3 is 4.90 Å². The molecule has 1 heterocycles. The van der Waals surface area contributed by atoms with Crippen molar-refractivity contribution in [3.8, 4) is 0 Å². The molecule has 1 fully saturated rings. The van der Waals surface area contributed by atoms with Crippen molar-refractivity contribution in [1.82, 2.24) is 4.90 Å². The van der Waals surface area contributed by atoms with Gasteiger partial charge in [-0.15, -0.1) is 0 Å². The summed E-state index contributed by atoms with van der Waals surface area (Å²) < 4.78 is 69.2. The molecule has 0 spiro atoms. The molecule has 1 amide bonds. The van der Waals surface area contributed by atoms with Crippen LogP contribution in [0.3, 0.4) is 0 Å². The van der Waals surface area contributed by atoms with Crippen LogP contribution in [-0.4, -0.2) is 23.8 Å². The first-order valence-electron chi connectivity index (χ1n) is 7.37. The summed E-state index contributed by atoms with van der Waals surface area (Å²) in [4.78, 5) is 11.5. The van der Waals surface area contributed by atoms with Gasteiger partial charge in [0.05, 0.1) is 0 Å². The molecule has 0 N–H and O–H groups in total. The number of nitrogens with zero attached hydrogens (tertiary/aromatic N) is 1. The number of hydrogen-bond acceptors (Lipinski definition) is 1. The van der Waals surface area contributed by atoms with Crippen molar-refractivity contribution in [3.63, 3.8) is 0 Å². The van der Waals surface area contributed by atoms with Gasteiger partial charge in [-0.3, -0.25) is 4.79 Å². The number of piperidine rings is 1. The van der Waals surface area contributed by atoms with Gasteiger partial charge in [-0.05, 0) is 18.6 Å². The highest BCUT2D eigenvalue weighted by molar-refractivity contribution is 5.73. The molecular weight excluding hydrogens is 126 g/mol. The molecule has 0 aromatic rings. The van der Waals surface area contributed by atoms with E-state index < -0.39 is 37.5 Å². The lowest BCUT2D eigenvalue weighted by atomic mass is 10.0. The van der Waals surface area contributed by atoms with E-state index in [9.17, 15) is 4.79 Å². The zero-order valence-corrected chi connectivity index (χ0v) is 5.86. The molecule has 0 saturated carbocycles. The van der Waals surface area contributed by atoms with Gasteiger partial charge >= 0.3 is 0 Å². The van der Waals surface area contributed by atoms with E-state index in [0.29, 0.717) is 0 Å². The third kappa shape index (κ3) is 1.72. The van der Waals surface area contributed by atoms with Gasteiger partial charge in [0.15, 0.2) is 0 Å². The third-order valence-electron chi connectivity index (χ3n) is 1.01. The van der Waals surface area contributed by atoms with Crippen molar-refractivity contribution in [2.75, 3.05) is 13.0 Å². The van der Waals surface area contributed by atoms with Gasteiger partial charge in [-0.25, -0.2) is 0 Å². The molecule has 58 valence electrons. The number of carbonyl (C=O) groups is 1. The highest BCUT2D eigenvalue weighted by Crippen LogP contribution is 2.14. The molecule has 10 heavy (non-hydrogen) atoms. The molecule has 2 nitrogen and oxygen atoms in total. The fraction of sp³-hybridized carbons (Fsp3) is 0.875. The second-order valence-electron chi connectivity index (χ2n) is 1.95.